The minimum atomic E-state index is -0.669. The number of nitrogens with zero attached hydrogens (tertiary/aromatic N) is 2. The summed E-state index contributed by atoms with van der Waals surface area (Å²) in [6, 6.07) is 9.10. The average molecular weight is 405 g/mol. The Morgan fingerprint density at radius 2 is 1.97 bits per heavy atom. The molecule has 1 N–H and O–H groups in total. The van der Waals surface area contributed by atoms with Gasteiger partial charge in [-0.05, 0) is 62.4 Å². The van der Waals surface area contributed by atoms with Gasteiger partial charge >= 0.3 is 5.97 Å². The fourth-order valence-corrected chi connectivity index (χ4v) is 3.90. The van der Waals surface area contributed by atoms with Gasteiger partial charge in [-0.3, -0.25) is 19.9 Å². The molecule has 0 fully saturated rings. The van der Waals surface area contributed by atoms with Crippen LogP contribution in [0.3, 0.4) is 0 Å². The van der Waals surface area contributed by atoms with Crippen molar-refractivity contribution < 1.29 is 19.1 Å². The Labute approximate surface area is 174 Å². The van der Waals surface area contributed by atoms with E-state index in [-0.39, 0.29) is 0 Å². The Bertz CT molecular complexity index is 1160. The minimum absolute atomic E-state index is 0.347. The van der Waals surface area contributed by atoms with E-state index in [1.165, 1.54) is 0 Å². The Kier molecular flexibility index (Phi) is 5.35. The Hall–Kier alpha value is -3.48. The van der Waals surface area contributed by atoms with Gasteiger partial charge in [0, 0.05) is 24.3 Å². The number of nitrogens with one attached hydrogen (secondary N) is 1. The smallest absolute Gasteiger partial charge is 0.339 e. The van der Waals surface area contributed by atoms with Crippen molar-refractivity contribution in [2.45, 2.75) is 32.6 Å². The van der Waals surface area contributed by atoms with Crippen LogP contribution in [0.15, 0.2) is 36.5 Å². The Morgan fingerprint density at radius 3 is 2.73 bits per heavy atom. The van der Waals surface area contributed by atoms with Gasteiger partial charge in [0.2, 0.25) is 0 Å². The van der Waals surface area contributed by atoms with E-state index in [0.717, 1.165) is 53.4 Å². The molecule has 2 aromatic heterocycles. The number of hydrogen-bond acceptors (Lipinski definition) is 5. The Morgan fingerprint density at radius 1 is 1.17 bits per heavy atom. The number of aryl methyl sites for hydroxylation is 3. The van der Waals surface area contributed by atoms with Crippen molar-refractivity contribution in [3.8, 4) is 0 Å². The maximum absolute atomic E-state index is 13.0. The topological polar surface area (TPSA) is 90.3 Å². The number of carbonyl (C=O) groups excluding carboxylic acids is 3. The summed E-state index contributed by atoms with van der Waals surface area (Å²) in [7, 11) is 1.71. The van der Waals surface area contributed by atoms with Gasteiger partial charge in [-0.1, -0.05) is 11.6 Å². The number of amides is 2. The molecule has 2 amide bonds. The van der Waals surface area contributed by atoms with Crippen LogP contribution >= 0.6 is 0 Å². The molecule has 1 aromatic carbocycles. The average Bonchev–Trinajstić information content (AvgIpc) is 3.16. The predicted octanol–water partition coefficient (Wildman–Crippen LogP) is 2.87. The number of rotatable bonds is 4. The van der Waals surface area contributed by atoms with Gasteiger partial charge in [0.05, 0.1) is 11.1 Å². The van der Waals surface area contributed by atoms with Crippen molar-refractivity contribution in [2.75, 3.05) is 6.61 Å². The first-order valence-corrected chi connectivity index (χ1v) is 9.99. The van der Waals surface area contributed by atoms with Crippen molar-refractivity contribution in [1.29, 1.82) is 0 Å². The van der Waals surface area contributed by atoms with Gasteiger partial charge in [-0.25, -0.2) is 4.79 Å². The lowest BCUT2D eigenvalue weighted by Crippen LogP contribution is -2.35. The van der Waals surface area contributed by atoms with Gasteiger partial charge in [0.15, 0.2) is 6.61 Å². The van der Waals surface area contributed by atoms with Crippen LogP contribution in [0.5, 0.6) is 0 Å². The third-order valence-corrected chi connectivity index (χ3v) is 5.39. The highest BCUT2D eigenvalue weighted by Gasteiger charge is 2.24. The van der Waals surface area contributed by atoms with Gasteiger partial charge in [-0.15, -0.1) is 0 Å². The lowest BCUT2D eigenvalue weighted by atomic mass is 9.89. The molecule has 0 spiro atoms. The molecule has 7 nitrogen and oxygen atoms in total. The summed E-state index contributed by atoms with van der Waals surface area (Å²) < 4.78 is 6.92. The fraction of sp³-hybridized carbons (Fsp3) is 0.304. The lowest BCUT2D eigenvalue weighted by molar-refractivity contribution is -0.123. The number of esters is 1. The van der Waals surface area contributed by atoms with Gasteiger partial charge in [0.25, 0.3) is 11.8 Å². The van der Waals surface area contributed by atoms with Crippen molar-refractivity contribution in [3.05, 3.63) is 64.6 Å². The summed E-state index contributed by atoms with van der Waals surface area (Å²) >= 11 is 0. The first kappa shape index (κ1) is 19.8. The second-order valence-corrected chi connectivity index (χ2v) is 7.60. The summed E-state index contributed by atoms with van der Waals surface area (Å²) in [5, 5.41) is 2.99. The zero-order chi connectivity index (χ0) is 21.3. The monoisotopic (exact) mass is 405 g/mol. The molecule has 0 saturated carbocycles. The van der Waals surface area contributed by atoms with Gasteiger partial charge in [0.1, 0.15) is 5.69 Å². The summed E-state index contributed by atoms with van der Waals surface area (Å²) in [5.74, 6) is -1.77. The maximum atomic E-state index is 13.0. The molecular weight excluding hydrogens is 382 g/mol. The van der Waals surface area contributed by atoms with Crippen LogP contribution in [-0.4, -0.2) is 33.9 Å². The van der Waals surface area contributed by atoms with E-state index in [1.54, 1.807) is 29.9 Å². The molecular formula is C23H23N3O4. The van der Waals surface area contributed by atoms with E-state index < -0.39 is 24.4 Å². The zero-order valence-corrected chi connectivity index (χ0v) is 17.0. The predicted molar refractivity (Wildman–Crippen MR) is 111 cm³/mol. The zero-order valence-electron chi connectivity index (χ0n) is 17.0. The highest BCUT2D eigenvalue weighted by atomic mass is 16.5. The second kappa shape index (κ2) is 8.10. The number of ether oxygens (including phenoxy) is 1. The molecule has 3 aromatic rings. The molecule has 0 aliphatic heterocycles. The molecule has 1 aliphatic carbocycles. The maximum Gasteiger partial charge on any atom is 0.339 e. The quantitative estimate of drug-likeness (QED) is 0.674. The summed E-state index contributed by atoms with van der Waals surface area (Å²) in [5.41, 5.74) is 4.42. The Balaban J connectivity index is 1.54. The van der Waals surface area contributed by atoms with E-state index in [2.05, 4.69) is 5.32 Å². The van der Waals surface area contributed by atoms with Gasteiger partial charge in [-0.2, -0.15) is 0 Å². The molecule has 7 heteroatoms. The molecule has 1 aliphatic rings. The summed E-state index contributed by atoms with van der Waals surface area (Å²) in [4.78, 5) is 42.1. The van der Waals surface area contributed by atoms with Crippen LogP contribution in [0.1, 0.15) is 50.5 Å². The van der Waals surface area contributed by atoms with E-state index in [4.69, 9.17) is 9.72 Å². The molecule has 30 heavy (non-hydrogen) atoms. The minimum Gasteiger partial charge on any atom is -0.452 e. The highest BCUT2D eigenvalue weighted by molar-refractivity contribution is 6.07. The van der Waals surface area contributed by atoms with Crippen molar-refractivity contribution in [2.24, 2.45) is 7.05 Å². The molecule has 0 atom stereocenters. The van der Waals surface area contributed by atoms with Crippen LogP contribution in [0.4, 0.5) is 0 Å². The summed E-state index contributed by atoms with van der Waals surface area (Å²) in [6.07, 6.45) is 5.31. The first-order valence-electron chi connectivity index (χ1n) is 9.99. The second-order valence-electron chi connectivity index (χ2n) is 7.60. The number of imide groups is 1. The summed E-state index contributed by atoms with van der Waals surface area (Å²) in [6.45, 7) is 1.43. The van der Waals surface area contributed by atoms with Crippen LogP contribution in [0, 0.1) is 6.92 Å². The largest absolute Gasteiger partial charge is 0.452 e. The molecule has 154 valence electrons. The molecule has 2 heterocycles. The fourth-order valence-electron chi connectivity index (χ4n) is 3.90. The van der Waals surface area contributed by atoms with Gasteiger partial charge < -0.3 is 9.30 Å². The third-order valence-electron chi connectivity index (χ3n) is 5.39. The standard InChI is InChI=1S/C23H23N3O4/c1-14-9-10-18-16(12-14)21(15-6-3-4-7-17(15)24-18)23(29)30-13-20(27)25-22(28)19-8-5-11-26(19)2/h5,8-12H,3-4,6-7,13H2,1-2H3,(H,25,27,28). The number of hydrogen-bond donors (Lipinski definition) is 1. The first-order chi connectivity index (χ1) is 14.4. The van der Waals surface area contributed by atoms with Crippen LogP contribution in [0.25, 0.3) is 10.9 Å². The number of pyridine rings is 1. The molecule has 0 saturated heterocycles. The van der Waals surface area contributed by atoms with E-state index in [9.17, 15) is 14.4 Å². The van der Waals surface area contributed by atoms with Crippen molar-refractivity contribution in [3.63, 3.8) is 0 Å². The lowest BCUT2D eigenvalue weighted by Gasteiger charge is -2.20. The van der Waals surface area contributed by atoms with Crippen LogP contribution in [0.2, 0.25) is 0 Å². The number of benzene rings is 1. The van der Waals surface area contributed by atoms with Crippen molar-refractivity contribution in [1.82, 2.24) is 14.9 Å². The number of fused-ring (bicyclic) bond motifs is 2. The number of aromatic nitrogens is 2. The van der Waals surface area contributed by atoms with Crippen molar-refractivity contribution >= 4 is 28.7 Å². The van der Waals surface area contributed by atoms with E-state index in [0.29, 0.717) is 11.3 Å². The van der Waals surface area contributed by atoms with E-state index >= 15 is 0 Å². The van der Waals surface area contributed by atoms with Crippen LogP contribution < -0.4 is 5.32 Å². The normalized spacial score (nSPS) is 13.0. The third kappa shape index (κ3) is 3.83. The molecule has 0 bridgehead atoms. The highest BCUT2D eigenvalue weighted by Crippen LogP contribution is 2.30. The molecule has 4 rings (SSSR count). The van der Waals surface area contributed by atoms with E-state index in [1.807, 2.05) is 25.1 Å². The molecule has 0 unspecified atom stereocenters. The van der Waals surface area contributed by atoms with Crippen LogP contribution in [-0.2, 0) is 29.4 Å². The SMILES string of the molecule is Cc1ccc2nc3c(c(C(=O)OCC(=O)NC(=O)c4cccn4C)c2c1)CCCC3. The molecule has 0 radical (unpaired) electrons. The number of carbonyl (C=O) groups is 3.